The van der Waals surface area contributed by atoms with Crippen molar-refractivity contribution in [1.29, 1.82) is 0 Å². The fourth-order valence-electron chi connectivity index (χ4n) is 1.61. The van der Waals surface area contributed by atoms with Crippen LogP contribution in [-0.4, -0.2) is 23.0 Å². The molecule has 100 valence electrons. The van der Waals surface area contributed by atoms with Crippen molar-refractivity contribution >= 4 is 34.6 Å². The predicted molar refractivity (Wildman–Crippen MR) is 68.1 cm³/mol. The minimum absolute atomic E-state index is 0.134. The van der Waals surface area contributed by atoms with Gasteiger partial charge < -0.3 is 14.9 Å². The average Bonchev–Trinajstić information content (AvgIpc) is 2.77. The molecule has 19 heavy (non-hydrogen) atoms. The van der Waals surface area contributed by atoms with Gasteiger partial charge in [0.15, 0.2) is 11.7 Å². The van der Waals surface area contributed by atoms with Crippen molar-refractivity contribution in [2.24, 2.45) is 5.73 Å². The number of nitrogens with two attached hydrogens (primary N) is 1. The number of halogens is 1. The lowest BCUT2D eigenvalue weighted by molar-refractivity contribution is 0.0616. The van der Waals surface area contributed by atoms with Gasteiger partial charge in [-0.25, -0.2) is 9.78 Å². The van der Waals surface area contributed by atoms with E-state index in [2.05, 4.69) is 4.98 Å². The van der Waals surface area contributed by atoms with Crippen LogP contribution in [-0.2, 0) is 4.74 Å². The van der Waals surface area contributed by atoms with Crippen LogP contribution in [0.3, 0.4) is 0 Å². The van der Waals surface area contributed by atoms with E-state index in [9.17, 15) is 9.59 Å². The molecule has 2 rings (SSSR count). The van der Waals surface area contributed by atoms with E-state index in [1.54, 1.807) is 25.1 Å². The molecule has 1 aromatic carbocycles. The Morgan fingerprint density at radius 1 is 1.53 bits per heavy atom. The number of Topliss-reactive ketones (excluding diaryl/α,β-unsaturated/α-hetero) is 1. The van der Waals surface area contributed by atoms with Crippen molar-refractivity contribution in [3.63, 3.8) is 0 Å². The SMILES string of the molecule is CC[C@H](OC(N)=O)C(=O)c1nc2cc(Cl)ccc2o1. The number of primary amides is 1. The predicted octanol–water partition coefficient (Wildman–Crippen LogP) is 2.54. The molecule has 0 spiro atoms. The minimum Gasteiger partial charge on any atom is -0.438 e. The van der Waals surface area contributed by atoms with Gasteiger partial charge in [-0.3, -0.25) is 4.79 Å². The minimum atomic E-state index is -1.01. The van der Waals surface area contributed by atoms with E-state index >= 15 is 0 Å². The van der Waals surface area contributed by atoms with Gasteiger partial charge in [-0.1, -0.05) is 18.5 Å². The Labute approximate surface area is 113 Å². The molecule has 1 heterocycles. The van der Waals surface area contributed by atoms with Crippen LogP contribution in [0.5, 0.6) is 0 Å². The quantitative estimate of drug-likeness (QED) is 0.869. The highest BCUT2D eigenvalue weighted by molar-refractivity contribution is 6.31. The number of carbonyl (C=O) groups is 2. The molecule has 2 aromatic rings. The molecule has 0 aliphatic carbocycles. The zero-order chi connectivity index (χ0) is 14.0. The Bertz CT molecular complexity index is 638. The standard InChI is InChI=1S/C12H11ClN2O4/c1-2-8(19-12(14)17)10(16)11-15-7-5-6(13)3-4-9(7)18-11/h3-5,8H,2H2,1H3,(H2,14,17)/t8-/m0/s1. The maximum Gasteiger partial charge on any atom is 0.405 e. The molecule has 1 atom stereocenters. The summed E-state index contributed by atoms with van der Waals surface area (Å²) in [6, 6.07) is 4.81. The molecular weight excluding hydrogens is 272 g/mol. The number of fused-ring (bicyclic) bond motifs is 1. The van der Waals surface area contributed by atoms with Gasteiger partial charge in [-0.15, -0.1) is 0 Å². The summed E-state index contributed by atoms with van der Waals surface area (Å²) in [4.78, 5) is 26.8. The molecule has 0 fully saturated rings. The fraction of sp³-hybridized carbons (Fsp3) is 0.250. The van der Waals surface area contributed by atoms with Crippen LogP contribution in [0, 0.1) is 0 Å². The zero-order valence-corrected chi connectivity index (χ0v) is 10.8. The summed E-state index contributed by atoms with van der Waals surface area (Å²) in [6.45, 7) is 1.69. The van der Waals surface area contributed by atoms with Gasteiger partial charge >= 0.3 is 6.09 Å². The van der Waals surface area contributed by atoms with E-state index in [4.69, 9.17) is 26.5 Å². The van der Waals surface area contributed by atoms with Crippen LogP contribution in [0.15, 0.2) is 22.6 Å². The fourth-order valence-corrected chi connectivity index (χ4v) is 1.77. The van der Waals surface area contributed by atoms with E-state index in [0.717, 1.165) is 0 Å². The third-order valence-corrected chi connectivity index (χ3v) is 2.72. The van der Waals surface area contributed by atoms with Crippen LogP contribution in [0.4, 0.5) is 4.79 Å². The van der Waals surface area contributed by atoms with Crippen molar-refractivity contribution < 1.29 is 18.7 Å². The second kappa shape index (κ2) is 5.27. The van der Waals surface area contributed by atoms with Gasteiger partial charge in [-0.05, 0) is 24.6 Å². The first-order chi connectivity index (χ1) is 9.01. The number of ketones is 1. The molecule has 0 saturated heterocycles. The van der Waals surface area contributed by atoms with Crippen LogP contribution >= 0.6 is 11.6 Å². The number of hydrogen-bond donors (Lipinski definition) is 1. The number of hydrogen-bond acceptors (Lipinski definition) is 5. The van der Waals surface area contributed by atoms with Gasteiger partial charge in [-0.2, -0.15) is 0 Å². The van der Waals surface area contributed by atoms with Crippen molar-refractivity contribution in [3.05, 3.63) is 29.1 Å². The van der Waals surface area contributed by atoms with E-state index in [-0.39, 0.29) is 12.3 Å². The lowest BCUT2D eigenvalue weighted by atomic mass is 10.2. The van der Waals surface area contributed by atoms with Gasteiger partial charge in [0.05, 0.1) is 0 Å². The van der Waals surface area contributed by atoms with Crippen LogP contribution < -0.4 is 5.73 Å². The monoisotopic (exact) mass is 282 g/mol. The molecule has 0 aliphatic heterocycles. The third-order valence-electron chi connectivity index (χ3n) is 2.48. The lowest BCUT2D eigenvalue weighted by Crippen LogP contribution is -2.29. The first-order valence-electron chi connectivity index (χ1n) is 5.57. The molecule has 0 unspecified atom stereocenters. The Morgan fingerprint density at radius 2 is 2.26 bits per heavy atom. The van der Waals surface area contributed by atoms with Gasteiger partial charge in [0.2, 0.25) is 0 Å². The van der Waals surface area contributed by atoms with Crippen LogP contribution in [0.1, 0.15) is 24.0 Å². The normalized spacial score (nSPS) is 12.3. The number of carbonyl (C=O) groups excluding carboxylic acids is 2. The van der Waals surface area contributed by atoms with Crippen molar-refractivity contribution in [1.82, 2.24) is 4.98 Å². The second-order valence-corrected chi connectivity index (χ2v) is 4.27. The number of benzene rings is 1. The summed E-state index contributed by atoms with van der Waals surface area (Å²) >= 11 is 5.81. The highest BCUT2D eigenvalue weighted by Crippen LogP contribution is 2.21. The van der Waals surface area contributed by atoms with Crippen molar-refractivity contribution in [3.8, 4) is 0 Å². The number of nitrogens with zero attached hydrogens (tertiary/aromatic N) is 1. The second-order valence-electron chi connectivity index (χ2n) is 3.83. The van der Waals surface area contributed by atoms with Gasteiger partial charge in [0, 0.05) is 5.02 Å². The van der Waals surface area contributed by atoms with Gasteiger partial charge in [0.25, 0.3) is 11.7 Å². The largest absolute Gasteiger partial charge is 0.438 e. The van der Waals surface area contributed by atoms with Crippen molar-refractivity contribution in [2.45, 2.75) is 19.4 Å². The summed E-state index contributed by atoms with van der Waals surface area (Å²) < 4.78 is 10.00. The maximum absolute atomic E-state index is 12.0. The summed E-state index contributed by atoms with van der Waals surface area (Å²) in [5, 5.41) is 0.486. The van der Waals surface area contributed by atoms with Crippen LogP contribution in [0.25, 0.3) is 11.1 Å². The Balaban J connectivity index is 2.32. The highest BCUT2D eigenvalue weighted by Gasteiger charge is 2.26. The Hall–Kier alpha value is -2.08. The van der Waals surface area contributed by atoms with Crippen molar-refractivity contribution in [2.75, 3.05) is 0 Å². The topological polar surface area (TPSA) is 95.4 Å². The number of rotatable bonds is 4. The molecule has 2 N–H and O–H groups in total. The molecule has 0 radical (unpaired) electrons. The molecule has 1 aromatic heterocycles. The summed E-state index contributed by atoms with van der Waals surface area (Å²) in [6.07, 6.45) is -1.73. The molecule has 0 saturated carbocycles. The molecular formula is C12H11ClN2O4. The van der Waals surface area contributed by atoms with E-state index in [0.29, 0.717) is 16.1 Å². The molecule has 0 bridgehead atoms. The number of aromatic nitrogens is 1. The first kappa shape index (κ1) is 13.4. The van der Waals surface area contributed by atoms with E-state index in [1.165, 1.54) is 0 Å². The number of ether oxygens (including phenoxy) is 1. The summed E-state index contributed by atoms with van der Waals surface area (Å²) in [7, 11) is 0. The number of amides is 1. The Kier molecular flexibility index (Phi) is 3.71. The van der Waals surface area contributed by atoms with Crippen LogP contribution in [0.2, 0.25) is 5.02 Å². The van der Waals surface area contributed by atoms with E-state index in [1.807, 2.05) is 0 Å². The lowest BCUT2D eigenvalue weighted by Gasteiger charge is -2.10. The number of oxazole rings is 1. The summed E-state index contributed by atoms with van der Waals surface area (Å²) in [5.41, 5.74) is 5.79. The summed E-state index contributed by atoms with van der Waals surface area (Å²) in [5.74, 6) is -0.668. The molecule has 1 amide bonds. The zero-order valence-electron chi connectivity index (χ0n) is 10.1. The van der Waals surface area contributed by atoms with Gasteiger partial charge in [0.1, 0.15) is 5.52 Å². The highest BCUT2D eigenvalue weighted by atomic mass is 35.5. The Morgan fingerprint density at radius 3 is 2.89 bits per heavy atom. The maximum atomic E-state index is 12.0. The average molecular weight is 283 g/mol. The molecule has 7 heteroatoms. The molecule has 6 nitrogen and oxygen atoms in total. The first-order valence-corrected chi connectivity index (χ1v) is 5.95. The van der Waals surface area contributed by atoms with E-state index < -0.39 is 18.0 Å². The molecule has 0 aliphatic rings. The third kappa shape index (κ3) is 2.85. The smallest absolute Gasteiger partial charge is 0.405 e.